The van der Waals surface area contributed by atoms with Crippen LogP contribution in [0, 0.1) is 0 Å². The fourth-order valence-electron chi connectivity index (χ4n) is 2.03. The SMILES string of the molecule is CSc1ccc(N)cc1N1CCC(F)(F)CC1. The minimum atomic E-state index is -2.50. The molecule has 0 spiro atoms. The van der Waals surface area contributed by atoms with Gasteiger partial charge in [0.1, 0.15) is 0 Å². The van der Waals surface area contributed by atoms with Crippen LogP contribution in [0.1, 0.15) is 12.8 Å². The van der Waals surface area contributed by atoms with Crippen LogP contribution in [0.15, 0.2) is 23.1 Å². The van der Waals surface area contributed by atoms with E-state index in [1.54, 1.807) is 11.8 Å². The Hall–Kier alpha value is -0.970. The zero-order valence-electron chi connectivity index (χ0n) is 9.75. The molecule has 17 heavy (non-hydrogen) atoms. The first-order chi connectivity index (χ1) is 8.02. The highest BCUT2D eigenvalue weighted by atomic mass is 32.2. The second-order valence-corrected chi connectivity index (χ2v) is 5.12. The smallest absolute Gasteiger partial charge is 0.251 e. The van der Waals surface area contributed by atoms with Crippen molar-refractivity contribution in [1.29, 1.82) is 0 Å². The first-order valence-electron chi connectivity index (χ1n) is 5.58. The minimum absolute atomic E-state index is 0.0738. The van der Waals surface area contributed by atoms with Gasteiger partial charge < -0.3 is 10.6 Å². The normalized spacial score (nSPS) is 19.4. The fourth-order valence-corrected chi connectivity index (χ4v) is 2.63. The number of anilines is 2. The van der Waals surface area contributed by atoms with Crippen LogP contribution in [0.5, 0.6) is 0 Å². The molecule has 1 heterocycles. The molecular formula is C12H16F2N2S. The third-order valence-electron chi connectivity index (χ3n) is 3.04. The second kappa shape index (κ2) is 4.72. The van der Waals surface area contributed by atoms with Gasteiger partial charge in [-0.2, -0.15) is 0 Å². The molecule has 0 aromatic heterocycles. The molecule has 5 heteroatoms. The molecule has 1 aromatic rings. The highest BCUT2D eigenvalue weighted by Crippen LogP contribution is 2.35. The number of nitrogen functional groups attached to an aromatic ring is 1. The Kier molecular flexibility index (Phi) is 3.47. The number of piperidine rings is 1. The summed E-state index contributed by atoms with van der Waals surface area (Å²) in [5.41, 5.74) is 7.41. The fraction of sp³-hybridized carbons (Fsp3) is 0.500. The number of halogens is 2. The maximum atomic E-state index is 13.1. The third-order valence-corrected chi connectivity index (χ3v) is 3.82. The number of hydrogen-bond acceptors (Lipinski definition) is 3. The summed E-state index contributed by atoms with van der Waals surface area (Å²) in [5.74, 6) is -2.50. The maximum absolute atomic E-state index is 13.1. The Bertz CT molecular complexity index is 399. The van der Waals surface area contributed by atoms with Crippen LogP contribution in [0.3, 0.4) is 0 Å². The monoisotopic (exact) mass is 258 g/mol. The molecule has 0 unspecified atom stereocenters. The molecule has 2 nitrogen and oxygen atoms in total. The van der Waals surface area contributed by atoms with Crippen LogP contribution in [0.2, 0.25) is 0 Å². The summed E-state index contributed by atoms with van der Waals surface area (Å²) in [5, 5.41) is 0. The number of thioether (sulfide) groups is 1. The number of alkyl halides is 2. The predicted molar refractivity (Wildman–Crippen MR) is 69.0 cm³/mol. The van der Waals surface area contributed by atoms with Crippen LogP contribution < -0.4 is 10.6 Å². The number of nitrogens with two attached hydrogens (primary N) is 1. The average Bonchev–Trinajstić information content (AvgIpc) is 2.29. The van der Waals surface area contributed by atoms with Crippen molar-refractivity contribution in [3.05, 3.63) is 18.2 Å². The van der Waals surface area contributed by atoms with Gasteiger partial charge in [0.05, 0.1) is 5.69 Å². The van der Waals surface area contributed by atoms with E-state index < -0.39 is 5.92 Å². The van der Waals surface area contributed by atoms with E-state index in [1.165, 1.54) is 0 Å². The Morgan fingerprint density at radius 2 is 1.94 bits per heavy atom. The highest BCUT2D eigenvalue weighted by Gasteiger charge is 2.34. The van der Waals surface area contributed by atoms with Crippen LogP contribution >= 0.6 is 11.8 Å². The minimum Gasteiger partial charge on any atom is -0.399 e. The van der Waals surface area contributed by atoms with Gasteiger partial charge in [-0.05, 0) is 24.5 Å². The molecule has 0 atom stereocenters. The molecule has 0 amide bonds. The van der Waals surface area contributed by atoms with Gasteiger partial charge in [0.2, 0.25) is 0 Å². The molecule has 1 aromatic carbocycles. The molecular weight excluding hydrogens is 242 g/mol. The summed E-state index contributed by atoms with van der Waals surface area (Å²) < 4.78 is 26.2. The lowest BCUT2D eigenvalue weighted by Crippen LogP contribution is -2.39. The van der Waals surface area contributed by atoms with E-state index >= 15 is 0 Å². The van der Waals surface area contributed by atoms with E-state index in [1.807, 2.05) is 29.4 Å². The number of hydrogen-bond donors (Lipinski definition) is 1. The quantitative estimate of drug-likeness (QED) is 0.652. The van der Waals surface area contributed by atoms with Gasteiger partial charge in [-0.1, -0.05) is 0 Å². The average molecular weight is 258 g/mol. The molecule has 94 valence electrons. The molecule has 0 saturated carbocycles. The number of benzene rings is 1. The third kappa shape index (κ3) is 2.83. The molecule has 1 aliphatic heterocycles. The van der Waals surface area contributed by atoms with Crippen molar-refractivity contribution in [1.82, 2.24) is 0 Å². The van der Waals surface area contributed by atoms with Gasteiger partial charge in [-0.25, -0.2) is 8.78 Å². The standard InChI is InChI=1S/C12H16F2N2S/c1-17-11-3-2-9(15)8-10(11)16-6-4-12(13,14)5-7-16/h2-3,8H,4-7,15H2,1H3. The van der Waals surface area contributed by atoms with Crippen molar-refractivity contribution in [3.63, 3.8) is 0 Å². The van der Waals surface area contributed by atoms with Crippen molar-refractivity contribution < 1.29 is 8.78 Å². The Labute approximate surface area is 104 Å². The largest absolute Gasteiger partial charge is 0.399 e. The van der Waals surface area contributed by atoms with E-state index in [9.17, 15) is 8.78 Å². The molecule has 2 N–H and O–H groups in total. The van der Waals surface area contributed by atoms with Gasteiger partial charge in [-0.15, -0.1) is 11.8 Å². The molecule has 0 bridgehead atoms. The van der Waals surface area contributed by atoms with Gasteiger partial charge >= 0.3 is 0 Å². The van der Waals surface area contributed by atoms with E-state index in [0.717, 1.165) is 10.6 Å². The summed E-state index contributed by atoms with van der Waals surface area (Å²) in [6.07, 6.45) is 1.83. The summed E-state index contributed by atoms with van der Waals surface area (Å²) in [4.78, 5) is 3.09. The van der Waals surface area contributed by atoms with Crippen molar-refractivity contribution in [2.24, 2.45) is 0 Å². The van der Waals surface area contributed by atoms with Gasteiger partial charge in [0, 0.05) is 36.5 Å². The van der Waals surface area contributed by atoms with Gasteiger partial charge in [0.25, 0.3) is 5.92 Å². The van der Waals surface area contributed by atoms with Crippen molar-refractivity contribution in [2.45, 2.75) is 23.7 Å². The first kappa shape index (κ1) is 12.5. The number of rotatable bonds is 2. The lowest BCUT2D eigenvalue weighted by atomic mass is 10.1. The van der Waals surface area contributed by atoms with Gasteiger partial charge in [0.15, 0.2) is 0 Å². The zero-order chi connectivity index (χ0) is 12.5. The van der Waals surface area contributed by atoms with Crippen LogP contribution in [0.25, 0.3) is 0 Å². The molecule has 0 aliphatic carbocycles. The Morgan fingerprint density at radius 1 is 1.29 bits per heavy atom. The lowest BCUT2D eigenvalue weighted by Gasteiger charge is -2.34. The molecule has 1 fully saturated rings. The van der Waals surface area contributed by atoms with Crippen LogP contribution in [-0.2, 0) is 0 Å². The van der Waals surface area contributed by atoms with E-state index in [0.29, 0.717) is 18.8 Å². The van der Waals surface area contributed by atoms with Crippen LogP contribution in [0.4, 0.5) is 20.2 Å². The van der Waals surface area contributed by atoms with E-state index in [4.69, 9.17) is 5.73 Å². The van der Waals surface area contributed by atoms with E-state index in [2.05, 4.69) is 0 Å². The van der Waals surface area contributed by atoms with Crippen molar-refractivity contribution in [2.75, 3.05) is 30.0 Å². The van der Waals surface area contributed by atoms with Crippen molar-refractivity contribution >= 4 is 23.1 Å². The highest BCUT2D eigenvalue weighted by molar-refractivity contribution is 7.98. The summed E-state index contributed by atoms with van der Waals surface area (Å²) in [6.45, 7) is 0.786. The predicted octanol–water partition coefficient (Wildman–Crippen LogP) is 3.23. The first-order valence-corrected chi connectivity index (χ1v) is 6.80. The number of nitrogens with zero attached hydrogens (tertiary/aromatic N) is 1. The molecule has 2 rings (SSSR count). The Morgan fingerprint density at radius 3 is 2.53 bits per heavy atom. The summed E-state index contributed by atoms with van der Waals surface area (Å²) in [6, 6.07) is 5.66. The molecule has 0 radical (unpaired) electrons. The van der Waals surface area contributed by atoms with Crippen LogP contribution in [-0.4, -0.2) is 25.3 Å². The Balaban J connectivity index is 2.20. The van der Waals surface area contributed by atoms with Crippen molar-refractivity contribution in [3.8, 4) is 0 Å². The van der Waals surface area contributed by atoms with E-state index in [-0.39, 0.29) is 12.8 Å². The molecule has 1 aliphatic rings. The maximum Gasteiger partial charge on any atom is 0.251 e. The molecule has 1 saturated heterocycles. The lowest BCUT2D eigenvalue weighted by molar-refractivity contribution is -0.0221. The summed E-state index contributed by atoms with van der Waals surface area (Å²) >= 11 is 1.61. The van der Waals surface area contributed by atoms with Gasteiger partial charge in [-0.3, -0.25) is 0 Å². The summed E-state index contributed by atoms with van der Waals surface area (Å²) in [7, 11) is 0. The zero-order valence-corrected chi connectivity index (χ0v) is 10.6. The second-order valence-electron chi connectivity index (χ2n) is 4.27. The topological polar surface area (TPSA) is 29.3 Å².